The van der Waals surface area contributed by atoms with E-state index in [1.165, 1.54) is 7.11 Å². The summed E-state index contributed by atoms with van der Waals surface area (Å²) >= 11 is 0. The van der Waals surface area contributed by atoms with Crippen LogP contribution in [0, 0.1) is 0 Å². The number of benzene rings is 1. The van der Waals surface area contributed by atoms with Crippen molar-refractivity contribution in [2.24, 2.45) is 0 Å². The average Bonchev–Trinajstić information content (AvgIpc) is 2.53. The Bertz CT molecular complexity index is 574. The lowest BCUT2D eigenvalue weighted by Crippen LogP contribution is -2.45. The molecule has 1 aromatic rings. The molecule has 1 rings (SSSR count). The highest BCUT2D eigenvalue weighted by atomic mass is 16.6. The lowest BCUT2D eigenvalue weighted by atomic mass is 10.1. The minimum atomic E-state index is -0.826. The molecule has 0 aliphatic heterocycles. The van der Waals surface area contributed by atoms with Crippen molar-refractivity contribution in [2.45, 2.75) is 45.3 Å². The first-order valence-electron chi connectivity index (χ1n) is 8.15. The molecule has 0 saturated carbocycles. The highest BCUT2D eigenvalue weighted by Crippen LogP contribution is 2.15. The molecule has 0 fully saturated rings. The summed E-state index contributed by atoms with van der Waals surface area (Å²) in [5, 5.41) is 2.55. The van der Waals surface area contributed by atoms with Crippen LogP contribution >= 0.6 is 0 Å². The number of carbonyl (C=O) groups is 2. The van der Waals surface area contributed by atoms with E-state index in [2.05, 4.69) is 11.9 Å². The van der Waals surface area contributed by atoms with Gasteiger partial charge in [-0.2, -0.15) is 0 Å². The quantitative estimate of drug-likeness (QED) is 0.443. The van der Waals surface area contributed by atoms with Gasteiger partial charge in [-0.15, -0.1) is 6.58 Å². The topological polar surface area (TPSA) is 73.9 Å². The fourth-order valence-electron chi connectivity index (χ4n) is 2.00. The van der Waals surface area contributed by atoms with Crippen LogP contribution in [0.1, 0.15) is 32.8 Å². The van der Waals surface area contributed by atoms with Crippen molar-refractivity contribution < 1.29 is 23.8 Å². The van der Waals surface area contributed by atoms with Gasteiger partial charge in [0.2, 0.25) is 0 Å². The van der Waals surface area contributed by atoms with Gasteiger partial charge in [0.15, 0.2) is 0 Å². The summed E-state index contributed by atoms with van der Waals surface area (Å²) in [5.74, 6) is 0.206. The van der Waals surface area contributed by atoms with Gasteiger partial charge in [-0.1, -0.05) is 18.2 Å². The number of ether oxygens (including phenoxy) is 3. The van der Waals surface area contributed by atoms with Crippen LogP contribution in [0.25, 0.3) is 0 Å². The molecular formula is C19H27NO5. The number of carbonyl (C=O) groups excluding carboxylic acids is 2. The monoisotopic (exact) mass is 349 g/mol. The molecule has 0 spiro atoms. The highest BCUT2D eigenvalue weighted by molar-refractivity contribution is 5.81. The molecule has 6 nitrogen and oxygen atoms in total. The minimum Gasteiger partial charge on any atom is -0.493 e. The summed E-state index contributed by atoms with van der Waals surface area (Å²) in [7, 11) is 1.28. The van der Waals surface area contributed by atoms with Crippen molar-refractivity contribution in [1.82, 2.24) is 5.32 Å². The van der Waals surface area contributed by atoms with Gasteiger partial charge in [0.1, 0.15) is 17.4 Å². The number of hydrogen-bond acceptors (Lipinski definition) is 5. The number of amides is 1. The number of nitrogens with one attached hydrogen (secondary N) is 1. The van der Waals surface area contributed by atoms with Crippen LogP contribution in [0.15, 0.2) is 36.9 Å². The normalized spacial score (nSPS) is 12.0. The molecular weight excluding hydrogens is 322 g/mol. The van der Waals surface area contributed by atoms with Crippen LogP contribution in [0.2, 0.25) is 0 Å². The average molecular weight is 349 g/mol. The molecule has 0 aromatic heterocycles. The number of methoxy groups -OCH3 is 1. The molecule has 0 bridgehead atoms. The lowest BCUT2D eigenvalue weighted by Gasteiger charge is -2.22. The van der Waals surface area contributed by atoms with Gasteiger partial charge < -0.3 is 19.5 Å². The fraction of sp³-hybridized carbons (Fsp3) is 0.474. The van der Waals surface area contributed by atoms with Gasteiger partial charge in [0.25, 0.3) is 0 Å². The molecule has 25 heavy (non-hydrogen) atoms. The summed E-state index contributed by atoms with van der Waals surface area (Å²) in [4.78, 5) is 23.8. The van der Waals surface area contributed by atoms with Gasteiger partial charge in [-0.3, -0.25) is 0 Å². The fourth-order valence-corrected chi connectivity index (χ4v) is 2.00. The maximum absolute atomic E-state index is 11.9. The summed E-state index contributed by atoms with van der Waals surface area (Å²) in [6.07, 6.45) is 2.19. The third-order valence-electron chi connectivity index (χ3n) is 3.13. The van der Waals surface area contributed by atoms with E-state index in [9.17, 15) is 9.59 Å². The van der Waals surface area contributed by atoms with Crippen molar-refractivity contribution in [3.63, 3.8) is 0 Å². The number of alkyl carbamates (subject to hydrolysis) is 1. The van der Waals surface area contributed by atoms with Crippen LogP contribution in [0.5, 0.6) is 5.75 Å². The predicted molar refractivity (Wildman–Crippen MR) is 95.6 cm³/mol. The van der Waals surface area contributed by atoms with Gasteiger partial charge in [0.05, 0.1) is 13.7 Å². The van der Waals surface area contributed by atoms with Crippen LogP contribution in [0.4, 0.5) is 4.79 Å². The summed E-state index contributed by atoms with van der Waals surface area (Å²) in [5.41, 5.74) is 0.220. The molecule has 1 unspecified atom stereocenters. The number of esters is 1. The van der Waals surface area contributed by atoms with E-state index in [4.69, 9.17) is 14.2 Å². The second kappa shape index (κ2) is 9.71. The van der Waals surface area contributed by atoms with Crippen LogP contribution in [-0.2, 0) is 20.7 Å². The summed E-state index contributed by atoms with van der Waals surface area (Å²) in [6, 6.07) is 6.50. The van der Waals surface area contributed by atoms with E-state index in [1.807, 2.05) is 24.3 Å². The molecule has 0 aliphatic rings. The van der Waals surface area contributed by atoms with Crippen LogP contribution in [0.3, 0.4) is 0 Å². The highest BCUT2D eigenvalue weighted by Gasteiger charge is 2.25. The molecule has 0 saturated heterocycles. The van der Waals surface area contributed by atoms with E-state index in [1.54, 1.807) is 26.8 Å². The number of hydrogen-bond donors (Lipinski definition) is 1. The Morgan fingerprint density at radius 3 is 2.40 bits per heavy atom. The zero-order chi connectivity index (χ0) is 18.9. The van der Waals surface area contributed by atoms with Gasteiger partial charge in [-0.05, 0) is 44.9 Å². The molecule has 0 radical (unpaired) electrons. The Labute approximate surface area is 149 Å². The zero-order valence-corrected chi connectivity index (χ0v) is 15.3. The van der Waals surface area contributed by atoms with Crippen molar-refractivity contribution >= 4 is 12.1 Å². The van der Waals surface area contributed by atoms with E-state index in [0.717, 1.165) is 17.7 Å². The molecule has 6 heteroatoms. The van der Waals surface area contributed by atoms with E-state index < -0.39 is 23.7 Å². The molecule has 0 heterocycles. The Morgan fingerprint density at radius 1 is 1.24 bits per heavy atom. The predicted octanol–water partition coefficient (Wildman–Crippen LogP) is 3.25. The standard InChI is InChI=1S/C19H27NO5/c1-6-7-12-24-15-10-8-14(9-11-15)13-16(17(21)23-5)20-18(22)25-19(2,3)4/h6,8-11,16H,1,7,12-13H2,2-5H3,(H,20,22). The second-order valence-corrected chi connectivity index (χ2v) is 6.50. The Balaban J connectivity index is 2.70. The largest absolute Gasteiger partial charge is 0.493 e. The smallest absolute Gasteiger partial charge is 0.408 e. The molecule has 1 aromatic carbocycles. The van der Waals surface area contributed by atoms with E-state index in [0.29, 0.717) is 13.0 Å². The minimum absolute atomic E-state index is 0.291. The van der Waals surface area contributed by atoms with Gasteiger partial charge >= 0.3 is 12.1 Å². The zero-order valence-electron chi connectivity index (χ0n) is 15.3. The van der Waals surface area contributed by atoms with Gasteiger partial charge in [0, 0.05) is 6.42 Å². The van der Waals surface area contributed by atoms with Crippen molar-refractivity contribution in [2.75, 3.05) is 13.7 Å². The molecule has 1 atom stereocenters. The maximum Gasteiger partial charge on any atom is 0.408 e. The van der Waals surface area contributed by atoms with Crippen molar-refractivity contribution in [3.05, 3.63) is 42.5 Å². The summed E-state index contributed by atoms with van der Waals surface area (Å²) < 4.78 is 15.5. The lowest BCUT2D eigenvalue weighted by molar-refractivity contribution is -0.143. The SMILES string of the molecule is C=CCCOc1ccc(CC(NC(=O)OC(C)(C)C)C(=O)OC)cc1. The Kier molecular flexibility index (Phi) is 7.98. The third kappa shape index (κ3) is 8.24. The first kappa shape index (κ1) is 20.5. The Morgan fingerprint density at radius 2 is 1.88 bits per heavy atom. The van der Waals surface area contributed by atoms with Crippen LogP contribution in [-0.4, -0.2) is 37.4 Å². The molecule has 138 valence electrons. The van der Waals surface area contributed by atoms with Gasteiger partial charge in [-0.25, -0.2) is 9.59 Å². The first-order chi connectivity index (χ1) is 11.7. The van der Waals surface area contributed by atoms with E-state index >= 15 is 0 Å². The third-order valence-corrected chi connectivity index (χ3v) is 3.13. The summed E-state index contributed by atoms with van der Waals surface area (Å²) in [6.45, 7) is 9.47. The van der Waals surface area contributed by atoms with E-state index in [-0.39, 0.29) is 0 Å². The van der Waals surface area contributed by atoms with Crippen LogP contribution < -0.4 is 10.1 Å². The first-order valence-corrected chi connectivity index (χ1v) is 8.15. The van der Waals surface area contributed by atoms with Crippen molar-refractivity contribution in [3.8, 4) is 5.75 Å². The van der Waals surface area contributed by atoms with Crippen molar-refractivity contribution in [1.29, 1.82) is 0 Å². The molecule has 1 amide bonds. The second-order valence-electron chi connectivity index (χ2n) is 6.50. The Hall–Kier alpha value is -2.50. The maximum atomic E-state index is 11.9. The number of rotatable bonds is 8. The molecule has 1 N–H and O–H groups in total. The molecule has 0 aliphatic carbocycles.